The summed E-state index contributed by atoms with van der Waals surface area (Å²) < 4.78 is 4.91. The Hall–Kier alpha value is -2.80. The van der Waals surface area contributed by atoms with Crippen LogP contribution in [0.4, 0.5) is 0 Å². The molecule has 0 radical (unpaired) electrons. The maximum atomic E-state index is 12.6. The molecule has 37 heavy (non-hydrogen) atoms. The Labute approximate surface area is 222 Å². The van der Waals surface area contributed by atoms with Crippen LogP contribution < -0.4 is 5.32 Å². The van der Waals surface area contributed by atoms with Gasteiger partial charge in [-0.2, -0.15) is 0 Å². The number of carbonyl (C=O) groups is 2. The minimum Gasteiger partial charge on any atom is -0.466 e. The van der Waals surface area contributed by atoms with Crippen LogP contribution in [0, 0.1) is 12.3 Å². The zero-order valence-corrected chi connectivity index (χ0v) is 23.7. The molecule has 0 fully saturated rings. The monoisotopic (exact) mass is 511 g/mol. The van der Waals surface area contributed by atoms with Gasteiger partial charge in [0.1, 0.15) is 5.82 Å². The standard InChI is InChI=1S/C30H45N3O4/c1-8-30(9-2,28-32-20-23(21(4)33-28)15-18-25(34)29(5,6)7)24-16-13-22(14-17-24)27(36)31-19-11-12-26(35)37-10-3/h13-14,16-17,20,25,34H,8-12,15,18-19H2,1-7H3,(H,31,36). The number of benzene rings is 1. The van der Waals surface area contributed by atoms with E-state index in [1.54, 1.807) is 6.92 Å². The summed E-state index contributed by atoms with van der Waals surface area (Å²) in [4.78, 5) is 33.7. The molecule has 1 atom stereocenters. The maximum Gasteiger partial charge on any atom is 0.305 e. The lowest BCUT2D eigenvalue weighted by Gasteiger charge is -2.31. The highest BCUT2D eigenvalue weighted by Crippen LogP contribution is 2.37. The molecular formula is C30H45N3O4. The number of rotatable bonds is 13. The summed E-state index contributed by atoms with van der Waals surface area (Å²) in [5.74, 6) is 0.374. The van der Waals surface area contributed by atoms with E-state index in [0.717, 1.165) is 41.9 Å². The number of hydrogen-bond acceptors (Lipinski definition) is 6. The Balaban J connectivity index is 2.13. The third-order valence-electron chi connectivity index (χ3n) is 7.25. The number of aromatic nitrogens is 2. The second-order valence-electron chi connectivity index (χ2n) is 10.8. The Bertz CT molecular complexity index is 1020. The second-order valence-corrected chi connectivity index (χ2v) is 10.8. The van der Waals surface area contributed by atoms with Gasteiger partial charge in [0, 0.05) is 30.4 Å². The SMILES string of the molecule is CCOC(=O)CCCNC(=O)c1ccc(C(CC)(CC)c2ncc(CCC(O)C(C)(C)C)c(C)n2)cc1. The molecule has 2 rings (SSSR count). The average molecular weight is 512 g/mol. The van der Waals surface area contributed by atoms with E-state index in [1.165, 1.54) is 0 Å². The largest absolute Gasteiger partial charge is 0.466 e. The molecule has 7 heteroatoms. The molecule has 0 aliphatic carbocycles. The molecule has 2 N–H and O–H groups in total. The van der Waals surface area contributed by atoms with Crippen molar-refractivity contribution >= 4 is 11.9 Å². The lowest BCUT2D eigenvalue weighted by Crippen LogP contribution is -2.30. The summed E-state index contributed by atoms with van der Waals surface area (Å²) in [7, 11) is 0. The topological polar surface area (TPSA) is 101 Å². The molecule has 0 saturated heterocycles. The third-order valence-corrected chi connectivity index (χ3v) is 7.25. The Morgan fingerprint density at radius 2 is 1.73 bits per heavy atom. The Morgan fingerprint density at radius 3 is 2.27 bits per heavy atom. The normalized spacial score (nSPS) is 12.8. The van der Waals surface area contributed by atoms with E-state index in [0.29, 0.717) is 31.6 Å². The van der Waals surface area contributed by atoms with Crippen LogP contribution in [0.25, 0.3) is 0 Å². The van der Waals surface area contributed by atoms with Crippen LogP contribution in [0.2, 0.25) is 0 Å². The van der Waals surface area contributed by atoms with E-state index >= 15 is 0 Å². The van der Waals surface area contributed by atoms with Crippen LogP contribution in [0.5, 0.6) is 0 Å². The summed E-state index contributed by atoms with van der Waals surface area (Å²) in [5, 5.41) is 13.3. The van der Waals surface area contributed by atoms with Gasteiger partial charge in [0.15, 0.2) is 0 Å². The van der Waals surface area contributed by atoms with E-state index in [-0.39, 0.29) is 35.2 Å². The predicted octanol–water partition coefficient (Wildman–Crippen LogP) is 5.30. The number of nitrogens with one attached hydrogen (secondary N) is 1. The van der Waals surface area contributed by atoms with Crippen molar-refractivity contribution < 1.29 is 19.4 Å². The highest BCUT2D eigenvalue weighted by atomic mass is 16.5. The fourth-order valence-corrected chi connectivity index (χ4v) is 4.51. The maximum absolute atomic E-state index is 12.6. The van der Waals surface area contributed by atoms with Crippen LogP contribution in [0.3, 0.4) is 0 Å². The molecule has 0 aliphatic heterocycles. The van der Waals surface area contributed by atoms with Gasteiger partial charge in [0.05, 0.1) is 18.1 Å². The lowest BCUT2D eigenvalue weighted by molar-refractivity contribution is -0.143. The van der Waals surface area contributed by atoms with Crippen molar-refractivity contribution in [1.82, 2.24) is 15.3 Å². The summed E-state index contributed by atoms with van der Waals surface area (Å²) in [6, 6.07) is 7.66. The van der Waals surface area contributed by atoms with Crippen molar-refractivity contribution in [2.24, 2.45) is 5.41 Å². The van der Waals surface area contributed by atoms with Crippen LogP contribution in [-0.2, 0) is 21.4 Å². The number of carbonyl (C=O) groups excluding carboxylic acids is 2. The molecule has 1 heterocycles. The molecule has 0 aliphatic rings. The van der Waals surface area contributed by atoms with Crippen LogP contribution >= 0.6 is 0 Å². The number of esters is 1. The molecule has 2 aromatic rings. The summed E-state index contributed by atoms with van der Waals surface area (Å²) in [5.41, 5.74) is 3.14. The lowest BCUT2D eigenvalue weighted by atomic mass is 9.74. The van der Waals surface area contributed by atoms with Gasteiger partial charge in [-0.05, 0) is 74.6 Å². The number of amides is 1. The van der Waals surface area contributed by atoms with E-state index in [1.807, 2.05) is 58.2 Å². The van der Waals surface area contributed by atoms with Gasteiger partial charge >= 0.3 is 5.97 Å². The molecule has 1 unspecified atom stereocenters. The summed E-state index contributed by atoms with van der Waals surface area (Å²) in [6.45, 7) is 15.0. The zero-order chi connectivity index (χ0) is 27.6. The number of aliphatic hydroxyl groups excluding tert-OH is 1. The van der Waals surface area contributed by atoms with E-state index in [4.69, 9.17) is 14.7 Å². The number of aliphatic hydroxyl groups is 1. The van der Waals surface area contributed by atoms with Crippen LogP contribution in [0.15, 0.2) is 30.5 Å². The fourth-order valence-electron chi connectivity index (χ4n) is 4.51. The average Bonchev–Trinajstić information content (AvgIpc) is 2.87. The van der Waals surface area contributed by atoms with Crippen molar-refractivity contribution in [2.45, 2.75) is 98.5 Å². The fraction of sp³-hybridized carbons (Fsp3) is 0.600. The van der Waals surface area contributed by atoms with Gasteiger partial charge in [-0.25, -0.2) is 9.97 Å². The predicted molar refractivity (Wildman–Crippen MR) is 147 cm³/mol. The van der Waals surface area contributed by atoms with Gasteiger partial charge in [-0.1, -0.05) is 46.8 Å². The first-order valence-corrected chi connectivity index (χ1v) is 13.5. The first kappa shape index (κ1) is 30.4. The smallest absolute Gasteiger partial charge is 0.305 e. The van der Waals surface area contributed by atoms with E-state index in [9.17, 15) is 14.7 Å². The molecule has 1 aromatic heterocycles. The van der Waals surface area contributed by atoms with Crippen LogP contribution in [0.1, 0.15) is 107 Å². The van der Waals surface area contributed by atoms with Gasteiger partial charge < -0.3 is 15.2 Å². The minimum atomic E-state index is -0.384. The molecule has 0 saturated carbocycles. The zero-order valence-electron chi connectivity index (χ0n) is 23.7. The molecule has 0 bridgehead atoms. The van der Waals surface area contributed by atoms with Gasteiger partial charge in [-0.3, -0.25) is 9.59 Å². The van der Waals surface area contributed by atoms with Gasteiger partial charge in [-0.15, -0.1) is 0 Å². The second kappa shape index (κ2) is 13.7. The van der Waals surface area contributed by atoms with Crippen molar-refractivity contribution in [3.63, 3.8) is 0 Å². The molecule has 7 nitrogen and oxygen atoms in total. The van der Waals surface area contributed by atoms with Crippen molar-refractivity contribution in [3.05, 3.63) is 58.7 Å². The quantitative estimate of drug-likeness (QED) is 0.279. The molecule has 1 aromatic carbocycles. The highest BCUT2D eigenvalue weighted by molar-refractivity contribution is 5.94. The number of nitrogens with zero attached hydrogens (tertiary/aromatic N) is 2. The molecule has 0 spiro atoms. The van der Waals surface area contributed by atoms with E-state index < -0.39 is 0 Å². The summed E-state index contributed by atoms with van der Waals surface area (Å²) in [6.07, 6.45) is 5.41. The van der Waals surface area contributed by atoms with Crippen molar-refractivity contribution in [3.8, 4) is 0 Å². The number of ether oxygens (including phenoxy) is 1. The first-order valence-electron chi connectivity index (χ1n) is 13.5. The Morgan fingerprint density at radius 1 is 1.08 bits per heavy atom. The minimum absolute atomic E-state index is 0.153. The summed E-state index contributed by atoms with van der Waals surface area (Å²) >= 11 is 0. The van der Waals surface area contributed by atoms with Gasteiger partial charge in [0.2, 0.25) is 0 Å². The third kappa shape index (κ3) is 8.09. The number of aryl methyl sites for hydroxylation is 2. The van der Waals surface area contributed by atoms with Gasteiger partial charge in [0.25, 0.3) is 5.91 Å². The molecule has 204 valence electrons. The molecular weight excluding hydrogens is 466 g/mol. The molecule has 1 amide bonds. The van der Waals surface area contributed by atoms with Crippen LogP contribution in [-0.4, -0.2) is 46.2 Å². The van der Waals surface area contributed by atoms with E-state index in [2.05, 4.69) is 19.2 Å². The highest BCUT2D eigenvalue weighted by Gasteiger charge is 2.34. The van der Waals surface area contributed by atoms with Crippen molar-refractivity contribution in [1.29, 1.82) is 0 Å². The first-order chi connectivity index (χ1) is 17.5. The number of hydrogen-bond donors (Lipinski definition) is 2. The Kier molecular flexibility index (Phi) is 11.2. The van der Waals surface area contributed by atoms with Crippen molar-refractivity contribution in [2.75, 3.05) is 13.2 Å².